The maximum atomic E-state index is 13.1. The first-order valence-electron chi connectivity index (χ1n) is 10.3. The van der Waals surface area contributed by atoms with Crippen molar-refractivity contribution in [1.29, 1.82) is 0 Å². The molecule has 9 heteroatoms. The first-order valence-corrected chi connectivity index (χ1v) is 10.3. The van der Waals surface area contributed by atoms with Crippen LogP contribution in [0.2, 0.25) is 0 Å². The third kappa shape index (κ3) is 4.14. The smallest absolute Gasteiger partial charge is 0.300 e. The number of Topliss-reactive ketones (excluding diaryl/α,β-unsaturated/α-hetero) is 1. The van der Waals surface area contributed by atoms with Gasteiger partial charge < -0.3 is 10.4 Å². The van der Waals surface area contributed by atoms with Crippen molar-refractivity contribution in [1.82, 2.24) is 0 Å². The van der Waals surface area contributed by atoms with Crippen LogP contribution in [-0.2, 0) is 14.4 Å². The van der Waals surface area contributed by atoms with Gasteiger partial charge in [-0.3, -0.25) is 29.4 Å². The molecule has 170 valence electrons. The van der Waals surface area contributed by atoms with Gasteiger partial charge in [-0.1, -0.05) is 30.3 Å². The Morgan fingerprint density at radius 3 is 2.15 bits per heavy atom. The molecule has 1 aliphatic heterocycles. The van der Waals surface area contributed by atoms with Gasteiger partial charge in [0.15, 0.2) is 0 Å². The summed E-state index contributed by atoms with van der Waals surface area (Å²) in [4.78, 5) is 49.3. The van der Waals surface area contributed by atoms with Gasteiger partial charge in [0.25, 0.3) is 17.4 Å². The number of nitro groups is 1. The van der Waals surface area contributed by atoms with Crippen LogP contribution in [0.25, 0.3) is 5.76 Å². The van der Waals surface area contributed by atoms with E-state index in [1.54, 1.807) is 54.6 Å². The molecule has 0 radical (unpaired) electrons. The van der Waals surface area contributed by atoms with Gasteiger partial charge in [-0.25, -0.2) is 0 Å². The zero-order valence-corrected chi connectivity index (χ0v) is 18.0. The van der Waals surface area contributed by atoms with Gasteiger partial charge in [-0.05, 0) is 42.0 Å². The minimum absolute atomic E-state index is 0.129. The van der Waals surface area contributed by atoms with Crippen molar-refractivity contribution in [3.05, 3.63) is 106 Å². The fourth-order valence-electron chi connectivity index (χ4n) is 3.85. The monoisotopic (exact) mass is 457 g/mol. The Balaban J connectivity index is 1.87. The van der Waals surface area contributed by atoms with Gasteiger partial charge in [0, 0.05) is 36.0 Å². The molecule has 1 atom stereocenters. The molecule has 0 aliphatic carbocycles. The molecule has 4 rings (SSSR count). The van der Waals surface area contributed by atoms with E-state index >= 15 is 0 Å². The number of hydrogen-bond donors (Lipinski definition) is 2. The van der Waals surface area contributed by atoms with Gasteiger partial charge in [-0.2, -0.15) is 0 Å². The number of amides is 2. The normalized spacial score (nSPS) is 17.0. The van der Waals surface area contributed by atoms with Crippen LogP contribution in [0.4, 0.5) is 17.1 Å². The van der Waals surface area contributed by atoms with Gasteiger partial charge in [0.2, 0.25) is 5.91 Å². The second-order valence-corrected chi connectivity index (χ2v) is 7.61. The molecule has 1 aliphatic rings. The molecule has 0 aromatic heterocycles. The van der Waals surface area contributed by atoms with Crippen molar-refractivity contribution < 1.29 is 24.4 Å². The third-order valence-corrected chi connectivity index (χ3v) is 5.38. The van der Waals surface area contributed by atoms with Crippen LogP contribution < -0.4 is 10.2 Å². The minimum Gasteiger partial charge on any atom is -0.507 e. The van der Waals surface area contributed by atoms with Gasteiger partial charge in [0.05, 0.1) is 16.5 Å². The molecule has 9 nitrogen and oxygen atoms in total. The number of nitrogens with zero attached hydrogens (tertiary/aromatic N) is 2. The molecule has 1 heterocycles. The SMILES string of the molecule is CC(=O)Nc1ccc(N2C(=O)C(=O)/C(=C(/O)c3ccccc3)[C@@H]2c2ccc([N+](=O)[O-])cc2)cc1. The van der Waals surface area contributed by atoms with E-state index in [4.69, 9.17) is 0 Å². The van der Waals surface area contributed by atoms with Crippen LogP contribution in [0, 0.1) is 10.1 Å². The van der Waals surface area contributed by atoms with E-state index < -0.39 is 22.7 Å². The summed E-state index contributed by atoms with van der Waals surface area (Å²) in [6.45, 7) is 1.37. The average molecular weight is 457 g/mol. The molecular formula is C25H19N3O6. The number of nitro benzene ring substituents is 1. The minimum atomic E-state index is -1.02. The lowest BCUT2D eigenvalue weighted by Gasteiger charge is -2.25. The van der Waals surface area contributed by atoms with Gasteiger partial charge >= 0.3 is 0 Å². The summed E-state index contributed by atoms with van der Waals surface area (Å²) in [5.41, 5.74) is 1.34. The zero-order chi connectivity index (χ0) is 24.4. The Hall–Kier alpha value is -4.79. The largest absolute Gasteiger partial charge is 0.507 e. The highest BCUT2D eigenvalue weighted by Crippen LogP contribution is 2.42. The summed E-state index contributed by atoms with van der Waals surface area (Å²) in [5.74, 6) is -2.34. The molecule has 3 aromatic carbocycles. The lowest BCUT2D eigenvalue weighted by Crippen LogP contribution is -2.29. The molecule has 3 aromatic rings. The number of aliphatic hydroxyl groups excluding tert-OH is 1. The maximum absolute atomic E-state index is 13.1. The van der Waals surface area contributed by atoms with Crippen molar-refractivity contribution >= 4 is 40.4 Å². The van der Waals surface area contributed by atoms with Crippen molar-refractivity contribution in [3.8, 4) is 0 Å². The molecule has 1 saturated heterocycles. The number of rotatable bonds is 5. The van der Waals surface area contributed by atoms with Gasteiger partial charge in [0.1, 0.15) is 5.76 Å². The topological polar surface area (TPSA) is 130 Å². The average Bonchev–Trinajstić information content (AvgIpc) is 3.10. The Labute approximate surface area is 194 Å². The lowest BCUT2D eigenvalue weighted by molar-refractivity contribution is -0.384. The number of carbonyl (C=O) groups is 3. The third-order valence-electron chi connectivity index (χ3n) is 5.38. The highest BCUT2D eigenvalue weighted by atomic mass is 16.6. The second kappa shape index (κ2) is 8.99. The van der Waals surface area contributed by atoms with E-state index in [0.29, 0.717) is 22.5 Å². The van der Waals surface area contributed by atoms with Crippen LogP contribution in [0.1, 0.15) is 24.1 Å². The van der Waals surface area contributed by atoms with Crippen LogP contribution in [-0.4, -0.2) is 27.6 Å². The molecular weight excluding hydrogens is 438 g/mol. The number of carbonyl (C=O) groups excluding carboxylic acids is 3. The summed E-state index contributed by atoms with van der Waals surface area (Å²) in [5, 5.41) is 24.7. The molecule has 2 N–H and O–H groups in total. The number of benzene rings is 3. The standard InChI is InChI=1S/C25H19N3O6/c1-15(29)26-18-9-13-19(14-10-18)27-22(16-7-11-20(12-8-16)28(33)34)21(24(31)25(27)32)23(30)17-5-3-2-4-6-17/h2-14,22,30H,1H3,(H,26,29)/b23-21+/t22-/m0/s1. The fraction of sp³-hybridized carbons (Fsp3) is 0.0800. The summed E-state index contributed by atoms with van der Waals surface area (Å²) < 4.78 is 0. The summed E-state index contributed by atoms with van der Waals surface area (Å²) in [7, 11) is 0. The quantitative estimate of drug-likeness (QED) is 0.194. The number of aliphatic hydroxyl groups is 1. The molecule has 0 unspecified atom stereocenters. The highest BCUT2D eigenvalue weighted by Gasteiger charge is 2.47. The van der Waals surface area contributed by atoms with Crippen LogP contribution >= 0.6 is 0 Å². The predicted octanol–water partition coefficient (Wildman–Crippen LogP) is 4.18. The van der Waals surface area contributed by atoms with Crippen molar-refractivity contribution in [2.45, 2.75) is 13.0 Å². The van der Waals surface area contributed by atoms with E-state index in [1.807, 2.05) is 0 Å². The van der Waals surface area contributed by atoms with E-state index in [9.17, 15) is 29.6 Å². The summed E-state index contributed by atoms with van der Waals surface area (Å²) in [6, 6.07) is 19.1. The van der Waals surface area contributed by atoms with E-state index in [1.165, 1.54) is 36.1 Å². The van der Waals surface area contributed by atoms with Crippen molar-refractivity contribution in [2.24, 2.45) is 0 Å². The summed E-state index contributed by atoms with van der Waals surface area (Å²) in [6.07, 6.45) is 0. The molecule has 0 saturated carbocycles. The van der Waals surface area contributed by atoms with E-state index in [-0.39, 0.29) is 22.9 Å². The van der Waals surface area contributed by atoms with E-state index in [2.05, 4.69) is 5.32 Å². The second-order valence-electron chi connectivity index (χ2n) is 7.61. The molecule has 34 heavy (non-hydrogen) atoms. The van der Waals surface area contributed by atoms with Crippen LogP contribution in [0.15, 0.2) is 84.4 Å². The summed E-state index contributed by atoms with van der Waals surface area (Å²) >= 11 is 0. The van der Waals surface area contributed by atoms with Crippen LogP contribution in [0.3, 0.4) is 0 Å². The number of non-ortho nitro benzene ring substituents is 1. The predicted molar refractivity (Wildman–Crippen MR) is 125 cm³/mol. The van der Waals surface area contributed by atoms with Crippen molar-refractivity contribution in [2.75, 3.05) is 10.2 Å². The Bertz CT molecular complexity index is 1320. The number of hydrogen-bond acceptors (Lipinski definition) is 6. The Morgan fingerprint density at radius 2 is 1.59 bits per heavy atom. The number of anilines is 2. The first kappa shape index (κ1) is 22.4. The Kier molecular flexibility index (Phi) is 5.92. The van der Waals surface area contributed by atoms with E-state index in [0.717, 1.165) is 0 Å². The maximum Gasteiger partial charge on any atom is 0.300 e. The molecule has 1 fully saturated rings. The number of ketones is 1. The molecule has 0 spiro atoms. The highest BCUT2D eigenvalue weighted by molar-refractivity contribution is 6.51. The molecule has 0 bridgehead atoms. The van der Waals surface area contributed by atoms with Gasteiger partial charge in [-0.15, -0.1) is 0 Å². The fourth-order valence-corrected chi connectivity index (χ4v) is 3.85. The van der Waals surface area contributed by atoms with Crippen molar-refractivity contribution in [3.63, 3.8) is 0 Å². The van der Waals surface area contributed by atoms with Crippen LogP contribution in [0.5, 0.6) is 0 Å². The zero-order valence-electron chi connectivity index (χ0n) is 18.0. The first-order chi connectivity index (χ1) is 16.3. The number of nitrogens with one attached hydrogen (secondary N) is 1. The molecule has 2 amide bonds. The lowest BCUT2D eigenvalue weighted by atomic mass is 9.95. The Morgan fingerprint density at radius 1 is 0.971 bits per heavy atom.